The van der Waals surface area contributed by atoms with Crippen molar-refractivity contribution in [1.82, 2.24) is 0 Å². The molecule has 1 fully saturated rings. The highest BCUT2D eigenvalue weighted by Crippen LogP contribution is 2.40. The molecule has 1 heterocycles. The molecule has 1 aliphatic rings. The summed E-state index contributed by atoms with van der Waals surface area (Å²) in [4.78, 5) is 0. The van der Waals surface area contributed by atoms with Crippen LogP contribution in [0.25, 0.3) is 0 Å². The Morgan fingerprint density at radius 2 is 1.76 bits per heavy atom. The maximum absolute atomic E-state index is 9.96. The Labute approximate surface area is 149 Å². The lowest BCUT2D eigenvalue weighted by Gasteiger charge is -2.21. The summed E-state index contributed by atoms with van der Waals surface area (Å²) >= 11 is 0. The van der Waals surface area contributed by atoms with Crippen molar-refractivity contribution in [1.29, 1.82) is 0 Å². The molecule has 3 rings (SSSR count). The first-order chi connectivity index (χ1) is 12.2. The fraction of sp³-hybridized carbons (Fsp3) is 0.429. The van der Waals surface area contributed by atoms with E-state index in [1.807, 2.05) is 12.1 Å². The Morgan fingerprint density at radius 3 is 2.40 bits per heavy atom. The molecule has 4 nitrogen and oxygen atoms in total. The minimum absolute atomic E-state index is 0.0456. The number of hydrogen-bond donors (Lipinski definition) is 1. The third kappa shape index (κ3) is 3.80. The van der Waals surface area contributed by atoms with Crippen LogP contribution in [0.2, 0.25) is 0 Å². The zero-order valence-corrected chi connectivity index (χ0v) is 15.1. The van der Waals surface area contributed by atoms with Crippen LogP contribution >= 0.6 is 0 Å². The first kappa shape index (κ1) is 17.8. The Morgan fingerprint density at radius 1 is 1.04 bits per heavy atom. The summed E-state index contributed by atoms with van der Waals surface area (Å²) in [7, 11) is 3.28. The van der Waals surface area contributed by atoms with E-state index in [2.05, 4.69) is 37.3 Å². The number of aryl methyl sites for hydroxylation is 1. The number of aliphatic hydroxyl groups excluding tert-OH is 1. The van der Waals surface area contributed by atoms with Gasteiger partial charge in [0.25, 0.3) is 0 Å². The van der Waals surface area contributed by atoms with Gasteiger partial charge in [0.1, 0.15) is 0 Å². The minimum atomic E-state index is -0.0456. The van der Waals surface area contributed by atoms with Crippen molar-refractivity contribution in [2.24, 2.45) is 11.8 Å². The predicted octanol–water partition coefficient (Wildman–Crippen LogP) is 3.55. The van der Waals surface area contributed by atoms with Crippen LogP contribution in [0.15, 0.2) is 42.5 Å². The second-order valence-corrected chi connectivity index (χ2v) is 6.66. The molecular weight excluding hydrogens is 316 g/mol. The molecule has 1 unspecified atom stereocenters. The lowest BCUT2D eigenvalue weighted by molar-refractivity contribution is 0.0719. The third-order valence-corrected chi connectivity index (χ3v) is 5.05. The smallest absolute Gasteiger partial charge is 0.160 e. The summed E-state index contributed by atoms with van der Waals surface area (Å²) in [5.74, 6) is 1.82. The molecule has 0 bridgehead atoms. The molecule has 3 atom stereocenters. The highest BCUT2D eigenvalue weighted by atomic mass is 16.5. The molecule has 0 aromatic heterocycles. The summed E-state index contributed by atoms with van der Waals surface area (Å²) in [6.07, 6.45) is 0.796. The van der Waals surface area contributed by atoms with Crippen molar-refractivity contribution >= 4 is 0 Å². The van der Waals surface area contributed by atoms with Crippen molar-refractivity contribution in [3.63, 3.8) is 0 Å². The number of hydrogen-bond acceptors (Lipinski definition) is 4. The highest BCUT2D eigenvalue weighted by Gasteiger charge is 2.37. The Hall–Kier alpha value is -2.04. The molecule has 0 amide bonds. The number of aliphatic hydroxyl groups is 1. The molecule has 0 aliphatic carbocycles. The Bertz CT molecular complexity index is 696. The lowest BCUT2D eigenvalue weighted by Crippen LogP contribution is -2.21. The average Bonchev–Trinajstić information content (AvgIpc) is 3.04. The van der Waals surface area contributed by atoms with E-state index in [0.29, 0.717) is 6.61 Å². The number of benzene rings is 2. The lowest BCUT2D eigenvalue weighted by atomic mass is 9.84. The molecule has 25 heavy (non-hydrogen) atoms. The summed E-state index contributed by atoms with van der Waals surface area (Å²) in [6.45, 7) is 2.84. The van der Waals surface area contributed by atoms with Gasteiger partial charge >= 0.3 is 0 Å². The highest BCUT2D eigenvalue weighted by molar-refractivity contribution is 5.43. The molecule has 1 aliphatic heterocycles. The van der Waals surface area contributed by atoms with E-state index in [1.54, 1.807) is 14.2 Å². The minimum Gasteiger partial charge on any atom is -0.493 e. The zero-order valence-electron chi connectivity index (χ0n) is 15.1. The molecule has 0 radical (unpaired) electrons. The molecule has 1 saturated heterocycles. The van der Waals surface area contributed by atoms with Gasteiger partial charge in [0.2, 0.25) is 0 Å². The first-order valence-electron chi connectivity index (χ1n) is 8.66. The van der Waals surface area contributed by atoms with Crippen LogP contribution in [0.4, 0.5) is 0 Å². The van der Waals surface area contributed by atoms with Crippen molar-refractivity contribution < 1.29 is 19.3 Å². The van der Waals surface area contributed by atoms with Crippen molar-refractivity contribution in [2.45, 2.75) is 19.4 Å². The maximum Gasteiger partial charge on any atom is 0.160 e. The zero-order chi connectivity index (χ0) is 17.8. The van der Waals surface area contributed by atoms with Gasteiger partial charge in [0.05, 0.1) is 26.9 Å². The molecule has 0 saturated carbocycles. The van der Waals surface area contributed by atoms with E-state index in [4.69, 9.17) is 14.2 Å². The van der Waals surface area contributed by atoms with E-state index in [1.165, 1.54) is 5.56 Å². The van der Waals surface area contributed by atoms with Crippen LogP contribution in [-0.2, 0) is 11.2 Å². The maximum atomic E-state index is 9.96. The van der Waals surface area contributed by atoms with Gasteiger partial charge in [-0.2, -0.15) is 0 Å². The molecular formula is C21H26O4. The van der Waals surface area contributed by atoms with Crippen LogP contribution in [0.1, 0.15) is 22.8 Å². The third-order valence-electron chi connectivity index (χ3n) is 5.05. The second kappa shape index (κ2) is 7.89. The van der Waals surface area contributed by atoms with Gasteiger partial charge in [-0.3, -0.25) is 0 Å². The molecule has 4 heteroatoms. The van der Waals surface area contributed by atoms with Crippen molar-refractivity contribution in [3.8, 4) is 11.5 Å². The molecule has 1 N–H and O–H groups in total. The first-order valence-corrected chi connectivity index (χ1v) is 8.66. The fourth-order valence-electron chi connectivity index (χ4n) is 3.59. The fourth-order valence-corrected chi connectivity index (χ4v) is 3.59. The monoisotopic (exact) mass is 342 g/mol. The van der Waals surface area contributed by atoms with Crippen molar-refractivity contribution in [2.75, 3.05) is 27.4 Å². The molecule has 2 aromatic rings. The van der Waals surface area contributed by atoms with Gasteiger partial charge in [-0.25, -0.2) is 0 Å². The average molecular weight is 342 g/mol. The van der Waals surface area contributed by atoms with Gasteiger partial charge < -0.3 is 19.3 Å². The summed E-state index contributed by atoms with van der Waals surface area (Å²) in [5, 5.41) is 9.96. The van der Waals surface area contributed by atoms with Gasteiger partial charge in [0, 0.05) is 12.5 Å². The van der Waals surface area contributed by atoms with E-state index >= 15 is 0 Å². The summed E-state index contributed by atoms with van der Waals surface area (Å²) in [6, 6.07) is 14.4. The summed E-state index contributed by atoms with van der Waals surface area (Å²) < 4.78 is 16.7. The van der Waals surface area contributed by atoms with Crippen LogP contribution in [-0.4, -0.2) is 32.5 Å². The quantitative estimate of drug-likeness (QED) is 0.872. The van der Waals surface area contributed by atoms with Gasteiger partial charge in [-0.1, -0.05) is 35.9 Å². The van der Waals surface area contributed by atoms with Crippen LogP contribution < -0.4 is 9.47 Å². The normalized spacial score (nSPS) is 22.8. The molecule has 0 spiro atoms. The summed E-state index contributed by atoms with van der Waals surface area (Å²) in [5.41, 5.74) is 3.53. The Kier molecular flexibility index (Phi) is 5.61. The number of ether oxygens (including phenoxy) is 3. The molecule has 2 aromatic carbocycles. The van der Waals surface area contributed by atoms with E-state index in [-0.39, 0.29) is 24.5 Å². The van der Waals surface area contributed by atoms with Crippen LogP contribution in [0, 0.1) is 18.8 Å². The predicted molar refractivity (Wildman–Crippen MR) is 97.2 cm³/mol. The van der Waals surface area contributed by atoms with E-state index in [9.17, 15) is 5.11 Å². The number of methoxy groups -OCH3 is 2. The standard InChI is InChI=1S/C21H26O4/c1-14-4-7-16(8-5-14)21-18(12-22)17(13-25-21)10-15-6-9-19(23-2)20(11-15)24-3/h4-9,11,17-18,21-22H,10,12-13H2,1-3H3/t17-,18-,21?/m0/s1. The SMILES string of the molecule is COc1ccc(C[C@H]2COC(c3ccc(C)cc3)[C@H]2CO)cc1OC. The van der Waals surface area contributed by atoms with Crippen molar-refractivity contribution in [3.05, 3.63) is 59.2 Å². The second-order valence-electron chi connectivity index (χ2n) is 6.66. The van der Waals surface area contributed by atoms with Crippen LogP contribution in [0.3, 0.4) is 0 Å². The number of rotatable bonds is 6. The topological polar surface area (TPSA) is 47.9 Å². The Balaban J connectivity index is 1.76. The van der Waals surface area contributed by atoms with Crippen LogP contribution in [0.5, 0.6) is 11.5 Å². The van der Waals surface area contributed by atoms with Gasteiger partial charge in [-0.05, 0) is 42.5 Å². The molecule has 134 valence electrons. The largest absolute Gasteiger partial charge is 0.493 e. The van der Waals surface area contributed by atoms with Gasteiger partial charge in [0.15, 0.2) is 11.5 Å². The van der Waals surface area contributed by atoms with E-state index in [0.717, 1.165) is 29.0 Å². The van der Waals surface area contributed by atoms with E-state index < -0.39 is 0 Å². The van der Waals surface area contributed by atoms with Gasteiger partial charge in [-0.15, -0.1) is 0 Å².